The highest BCUT2D eigenvalue weighted by Crippen LogP contribution is 2.34. The predicted octanol–water partition coefficient (Wildman–Crippen LogP) is 4.10. The van der Waals surface area contributed by atoms with E-state index in [9.17, 15) is 4.79 Å². The van der Waals surface area contributed by atoms with Gasteiger partial charge in [0.2, 0.25) is 5.91 Å². The molecule has 2 atom stereocenters. The van der Waals surface area contributed by atoms with Crippen molar-refractivity contribution in [3.05, 3.63) is 16.8 Å². The fourth-order valence-electron chi connectivity index (χ4n) is 3.17. The minimum absolute atomic E-state index is 0.116. The summed E-state index contributed by atoms with van der Waals surface area (Å²) in [6.45, 7) is 6.45. The first-order valence-electron chi connectivity index (χ1n) is 8.19. The van der Waals surface area contributed by atoms with Crippen molar-refractivity contribution < 1.29 is 4.79 Å². The number of thioether (sulfide) groups is 1. The van der Waals surface area contributed by atoms with Gasteiger partial charge in [-0.1, -0.05) is 31.5 Å². The fraction of sp³-hybridized carbons (Fsp3) is 0.588. The Kier molecular flexibility index (Phi) is 5.21. The molecule has 0 spiro atoms. The van der Waals surface area contributed by atoms with Gasteiger partial charge in [0.05, 0.1) is 5.75 Å². The van der Waals surface area contributed by atoms with E-state index in [1.807, 2.05) is 0 Å². The first kappa shape index (κ1) is 16.7. The van der Waals surface area contributed by atoms with Gasteiger partial charge in [-0.25, -0.2) is 9.97 Å². The van der Waals surface area contributed by atoms with Gasteiger partial charge in [0.1, 0.15) is 16.2 Å². The van der Waals surface area contributed by atoms with Gasteiger partial charge in [-0.15, -0.1) is 11.3 Å². The van der Waals surface area contributed by atoms with Crippen LogP contribution in [0.15, 0.2) is 11.4 Å². The number of amides is 1. The highest BCUT2D eigenvalue weighted by Gasteiger charge is 2.23. The van der Waals surface area contributed by atoms with Crippen LogP contribution in [-0.4, -0.2) is 27.7 Å². The average Bonchev–Trinajstić information content (AvgIpc) is 2.83. The molecule has 124 valence electrons. The predicted molar refractivity (Wildman–Crippen MR) is 97.2 cm³/mol. The zero-order valence-electron chi connectivity index (χ0n) is 13.9. The van der Waals surface area contributed by atoms with Crippen LogP contribution in [0.4, 0.5) is 0 Å². The van der Waals surface area contributed by atoms with Crippen LogP contribution in [0.2, 0.25) is 0 Å². The molecule has 2 aromatic heterocycles. The monoisotopic (exact) mass is 349 g/mol. The first-order chi connectivity index (χ1) is 11.1. The Bertz CT molecular complexity index is 713. The first-order valence-corrected chi connectivity index (χ1v) is 9.99. The molecule has 0 saturated heterocycles. The molecule has 1 amide bonds. The normalized spacial score (nSPS) is 21.5. The zero-order valence-corrected chi connectivity index (χ0v) is 15.5. The van der Waals surface area contributed by atoms with Crippen molar-refractivity contribution in [3.8, 4) is 0 Å². The van der Waals surface area contributed by atoms with Crippen molar-refractivity contribution >= 4 is 39.2 Å². The van der Waals surface area contributed by atoms with E-state index in [4.69, 9.17) is 0 Å². The van der Waals surface area contributed by atoms with E-state index in [1.54, 1.807) is 17.7 Å². The molecule has 1 saturated carbocycles. The van der Waals surface area contributed by atoms with Crippen LogP contribution in [-0.2, 0) is 4.79 Å². The van der Waals surface area contributed by atoms with E-state index in [0.29, 0.717) is 17.7 Å². The Morgan fingerprint density at radius 3 is 2.91 bits per heavy atom. The quantitative estimate of drug-likeness (QED) is 0.667. The highest BCUT2D eigenvalue weighted by atomic mass is 32.2. The van der Waals surface area contributed by atoms with Crippen molar-refractivity contribution in [2.45, 2.75) is 57.5 Å². The number of fused-ring (bicyclic) bond motifs is 1. The van der Waals surface area contributed by atoms with Gasteiger partial charge in [-0.05, 0) is 38.2 Å². The van der Waals surface area contributed by atoms with Crippen LogP contribution in [0.25, 0.3) is 10.2 Å². The molecule has 1 aliphatic rings. The van der Waals surface area contributed by atoms with Crippen molar-refractivity contribution in [2.24, 2.45) is 5.92 Å². The lowest BCUT2D eigenvalue weighted by atomic mass is 9.86. The van der Waals surface area contributed by atoms with Crippen molar-refractivity contribution in [3.63, 3.8) is 0 Å². The van der Waals surface area contributed by atoms with Crippen LogP contribution in [0.1, 0.15) is 43.0 Å². The molecule has 0 aromatic carbocycles. The maximum Gasteiger partial charge on any atom is 0.230 e. The summed E-state index contributed by atoms with van der Waals surface area (Å²) in [7, 11) is 0. The molecule has 0 radical (unpaired) electrons. The van der Waals surface area contributed by atoms with Crippen molar-refractivity contribution in [1.29, 1.82) is 0 Å². The van der Waals surface area contributed by atoms with E-state index < -0.39 is 0 Å². The summed E-state index contributed by atoms with van der Waals surface area (Å²) >= 11 is 3.21. The van der Waals surface area contributed by atoms with Crippen molar-refractivity contribution in [2.75, 3.05) is 5.75 Å². The molecule has 23 heavy (non-hydrogen) atoms. The largest absolute Gasteiger partial charge is 0.352 e. The van der Waals surface area contributed by atoms with Gasteiger partial charge in [-0.3, -0.25) is 4.79 Å². The number of nitrogens with zero attached hydrogens (tertiary/aromatic N) is 2. The number of thiophene rings is 1. The van der Waals surface area contributed by atoms with Gasteiger partial charge in [-0.2, -0.15) is 0 Å². The Morgan fingerprint density at radius 1 is 1.35 bits per heavy atom. The number of carbonyl (C=O) groups excluding carboxylic acids is 1. The van der Waals surface area contributed by atoms with E-state index in [0.717, 1.165) is 21.7 Å². The molecule has 2 aromatic rings. The minimum atomic E-state index is 0.116. The zero-order chi connectivity index (χ0) is 16.4. The lowest BCUT2D eigenvalue weighted by Crippen LogP contribution is -2.41. The fourth-order valence-corrected chi connectivity index (χ4v) is 5.10. The maximum absolute atomic E-state index is 12.3. The number of aromatic nitrogens is 2. The number of carbonyl (C=O) groups is 1. The lowest BCUT2D eigenvalue weighted by molar-refractivity contribution is -0.119. The molecule has 0 unspecified atom stereocenters. The standard InChI is InChI=1S/C17H23N3OS2/c1-10-6-4-5-7-13(10)20-14(21)8-22-16-15-11(2)12(3)23-17(15)19-9-18-16/h9-10,13H,4-8H2,1-3H3,(H,20,21)/t10-,13+/m1/s1. The molecule has 1 N–H and O–H groups in total. The topological polar surface area (TPSA) is 54.9 Å². The van der Waals surface area contributed by atoms with Gasteiger partial charge < -0.3 is 5.32 Å². The molecule has 6 heteroatoms. The molecular weight excluding hydrogens is 326 g/mol. The second kappa shape index (κ2) is 7.18. The molecule has 1 aliphatic carbocycles. The van der Waals surface area contributed by atoms with Gasteiger partial charge in [0, 0.05) is 16.3 Å². The van der Waals surface area contributed by atoms with Gasteiger partial charge in [0.25, 0.3) is 0 Å². The second-order valence-electron chi connectivity index (χ2n) is 6.37. The average molecular weight is 350 g/mol. The Morgan fingerprint density at radius 2 is 2.13 bits per heavy atom. The molecular formula is C17H23N3OS2. The molecule has 4 nitrogen and oxygen atoms in total. The van der Waals surface area contributed by atoms with Crippen molar-refractivity contribution in [1.82, 2.24) is 15.3 Å². The number of aryl methyl sites for hydroxylation is 2. The molecule has 0 aliphatic heterocycles. The van der Waals surface area contributed by atoms with E-state index in [-0.39, 0.29) is 5.91 Å². The summed E-state index contributed by atoms with van der Waals surface area (Å²) < 4.78 is 0. The van der Waals surface area contributed by atoms with Crippen LogP contribution >= 0.6 is 23.1 Å². The molecule has 0 bridgehead atoms. The van der Waals surface area contributed by atoms with E-state index in [1.165, 1.54) is 41.5 Å². The summed E-state index contributed by atoms with van der Waals surface area (Å²) in [5, 5.41) is 5.24. The summed E-state index contributed by atoms with van der Waals surface area (Å²) in [6.07, 6.45) is 6.44. The second-order valence-corrected chi connectivity index (χ2v) is 8.53. The molecule has 1 fully saturated rings. The van der Waals surface area contributed by atoms with Gasteiger partial charge >= 0.3 is 0 Å². The maximum atomic E-state index is 12.3. The third-order valence-electron chi connectivity index (χ3n) is 4.73. The summed E-state index contributed by atoms with van der Waals surface area (Å²) in [6, 6.07) is 0.340. The third kappa shape index (κ3) is 3.69. The van der Waals surface area contributed by atoms with Crippen LogP contribution in [0.5, 0.6) is 0 Å². The number of rotatable bonds is 4. The smallest absolute Gasteiger partial charge is 0.230 e. The summed E-state index contributed by atoms with van der Waals surface area (Å²) in [5.41, 5.74) is 1.23. The van der Waals surface area contributed by atoms with Crippen LogP contribution in [0, 0.1) is 19.8 Å². The van der Waals surface area contributed by atoms with Crippen LogP contribution in [0.3, 0.4) is 0 Å². The summed E-state index contributed by atoms with van der Waals surface area (Å²) in [5.74, 6) is 1.12. The number of nitrogens with one attached hydrogen (secondary N) is 1. The van der Waals surface area contributed by atoms with Gasteiger partial charge in [0.15, 0.2) is 0 Å². The third-order valence-corrected chi connectivity index (χ3v) is 6.83. The summed E-state index contributed by atoms with van der Waals surface area (Å²) in [4.78, 5) is 23.3. The SMILES string of the molecule is Cc1sc2ncnc(SCC(=O)N[C@H]3CCCC[C@H]3C)c2c1C. The highest BCUT2D eigenvalue weighted by molar-refractivity contribution is 8.00. The molecule has 2 heterocycles. The Hall–Kier alpha value is -1.14. The Balaban J connectivity index is 1.65. The Labute approximate surface area is 145 Å². The number of hydrogen-bond donors (Lipinski definition) is 1. The lowest BCUT2D eigenvalue weighted by Gasteiger charge is -2.29. The molecule has 3 rings (SSSR count). The van der Waals surface area contributed by atoms with E-state index in [2.05, 4.69) is 36.1 Å². The van der Waals surface area contributed by atoms with Crippen LogP contribution < -0.4 is 5.32 Å². The number of hydrogen-bond acceptors (Lipinski definition) is 5. The minimum Gasteiger partial charge on any atom is -0.352 e. The van der Waals surface area contributed by atoms with E-state index >= 15 is 0 Å².